The van der Waals surface area contributed by atoms with E-state index in [0.29, 0.717) is 0 Å². The van der Waals surface area contributed by atoms with E-state index >= 15 is 0 Å². The molecule has 0 aromatic heterocycles. The van der Waals surface area contributed by atoms with Gasteiger partial charge in [-0.1, -0.05) is 13.0 Å². The van der Waals surface area contributed by atoms with Crippen LogP contribution < -0.4 is 0 Å². The maximum absolute atomic E-state index is 6.21. The average Bonchev–Trinajstić information content (AvgIpc) is 3.01. The summed E-state index contributed by atoms with van der Waals surface area (Å²) in [7, 11) is 0. The Morgan fingerprint density at radius 3 is 2.79 bits per heavy atom. The van der Waals surface area contributed by atoms with Crippen LogP contribution in [0.4, 0.5) is 0 Å². The van der Waals surface area contributed by atoms with Crippen molar-refractivity contribution in [3.8, 4) is 11.8 Å². The van der Waals surface area contributed by atoms with Gasteiger partial charge in [-0.05, 0) is 38.0 Å². The SMILES string of the molecule is C=C[C@](C)(CCC#CC)C[C@H]1COC2(CCCC2)O1. The second-order valence-corrected chi connectivity index (χ2v) is 6.16. The molecule has 1 saturated carbocycles. The third-order valence-electron chi connectivity index (χ3n) is 4.46. The van der Waals surface area contributed by atoms with Crippen LogP contribution in [-0.4, -0.2) is 18.5 Å². The number of rotatable bonds is 5. The molecule has 2 rings (SSSR count). The van der Waals surface area contributed by atoms with Crippen molar-refractivity contribution in [2.24, 2.45) is 5.41 Å². The molecule has 2 fully saturated rings. The summed E-state index contributed by atoms with van der Waals surface area (Å²) in [5.74, 6) is 5.86. The summed E-state index contributed by atoms with van der Waals surface area (Å²) in [6.45, 7) is 8.88. The summed E-state index contributed by atoms with van der Waals surface area (Å²) in [6, 6.07) is 0. The van der Waals surface area contributed by atoms with Gasteiger partial charge >= 0.3 is 0 Å². The first kappa shape index (κ1) is 14.6. The highest BCUT2D eigenvalue weighted by atomic mass is 16.7. The van der Waals surface area contributed by atoms with Crippen molar-refractivity contribution in [1.29, 1.82) is 0 Å². The second kappa shape index (κ2) is 6.11. The lowest BCUT2D eigenvalue weighted by Crippen LogP contribution is -2.28. The molecule has 2 heteroatoms. The predicted molar refractivity (Wildman–Crippen MR) is 77.6 cm³/mol. The smallest absolute Gasteiger partial charge is 0.168 e. The van der Waals surface area contributed by atoms with Crippen LogP contribution in [0.3, 0.4) is 0 Å². The van der Waals surface area contributed by atoms with E-state index in [9.17, 15) is 0 Å². The van der Waals surface area contributed by atoms with Gasteiger partial charge in [0.05, 0.1) is 12.7 Å². The zero-order valence-electron chi connectivity index (χ0n) is 12.3. The number of hydrogen-bond donors (Lipinski definition) is 0. The zero-order chi connectivity index (χ0) is 13.8. The molecule has 0 bridgehead atoms. The van der Waals surface area contributed by atoms with Gasteiger partial charge in [0.1, 0.15) is 0 Å². The lowest BCUT2D eigenvalue weighted by Gasteiger charge is -2.28. The first-order chi connectivity index (χ1) is 9.11. The molecule has 0 aromatic rings. The Morgan fingerprint density at radius 1 is 1.42 bits per heavy atom. The summed E-state index contributed by atoms with van der Waals surface area (Å²) >= 11 is 0. The maximum atomic E-state index is 6.21. The predicted octanol–water partition coefficient (Wildman–Crippen LogP) is 4.06. The Labute approximate surface area is 117 Å². The van der Waals surface area contributed by atoms with Gasteiger partial charge in [0, 0.05) is 19.3 Å². The normalized spacial score (nSPS) is 27.8. The van der Waals surface area contributed by atoms with E-state index in [1.165, 1.54) is 12.8 Å². The van der Waals surface area contributed by atoms with Crippen LogP contribution in [0.1, 0.15) is 58.8 Å². The largest absolute Gasteiger partial charge is 0.347 e. The summed E-state index contributed by atoms with van der Waals surface area (Å²) in [5, 5.41) is 0. The molecule has 106 valence electrons. The van der Waals surface area contributed by atoms with Crippen molar-refractivity contribution in [3.63, 3.8) is 0 Å². The fraction of sp³-hybridized carbons (Fsp3) is 0.765. The molecule has 0 unspecified atom stereocenters. The molecule has 1 heterocycles. The Hall–Kier alpha value is -0.780. The van der Waals surface area contributed by atoms with Crippen molar-refractivity contribution in [2.75, 3.05) is 6.61 Å². The molecular formula is C17H26O2. The molecule has 2 nitrogen and oxygen atoms in total. The van der Waals surface area contributed by atoms with Crippen LogP contribution in [0.2, 0.25) is 0 Å². The van der Waals surface area contributed by atoms with Crippen LogP contribution in [0.15, 0.2) is 12.7 Å². The van der Waals surface area contributed by atoms with Gasteiger partial charge in [-0.3, -0.25) is 0 Å². The first-order valence-corrected chi connectivity index (χ1v) is 7.46. The molecule has 1 aliphatic carbocycles. The van der Waals surface area contributed by atoms with Gasteiger partial charge in [0.2, 0.25) is 0 Å². The number of ether oxygens (including phenoxy) is 2. The summed E-state index contributed by atoms with van der Waals surface area (Å²) < 4.78 is 12.2. The second-order valence-electron chi connectivity index (χ2n) is 6.16. The molecule has 0 N–H and O–H groups in total. The molecule has 2 atom stereocenters. The van der Waals surface area contributed by atoms with Crippen LogP contribution in [0.25, 0.3) is 0 Å². The highest BCUT2D eigenvalue weighted by molar-refractivity contribution is 5.01. The van der Waals surface area contributed by atoms with Crippen molar-refractivity contribution in [1.82, 2.24) is 0 Å². The molecule has 0 radical (unpaired) electrons. The Balaban J connectivity index is 1.87. The number of hydrogen-bond acceptors (Lipinski definition) is 2. The quantitative estimate of drug-likeness (QED) is 0.549. The van der Waals surface area contributed by atoms with E-state index in [-0.39, 0.29) is 17.3 Å². The Kier molecular flexibility index (Phi) is 4.71. The highest BCUT2D eigenvalue weighted by Crippen LogP contribution is 2.42. The van der Waals surface area contributed by atoms with Gasteiger partial charge < -0.3 is 9.47 Å². The van der Waals surface area contributed by atoms with Crippen molar-refractivity contribution >= 4 is 0 Å². The zero-order valence-corrected chi connectivity index (χ0v) is 12.3. The van der Waals surface area contributed by atoms with Crippen molar-refractivity contribution in [3.05, 3.63) is 12.7 Å². The fourth-order valence-electron chi connectivity index (χ4n) is 3.17. The molecule has 19 heavy (non-hydrogen) atoms. The molecule has 1 saturated heterocycles. The van der Waals surface area contributed by atoms with E-state index in [2.05, 4.69) is 31.4 Å². The van der Waals surface area contributed by atoms with Crippen LogP contribution in [0.5, 0.6) is 0 Å². The third kappa shape index (κ3) is 3.61. The minimum Gasteiger partial charge on any atom is -0.347 e. The lowest BCUT2D eigenvalue weighted by molar-refractivity contribution is -0.164. The van der Waals surface area contributed by atoms with Gasteiger partial charge in [0.15, 0.2) is 5.79 Å². The van der Waals surface area contributed by atoms with E-state index in [1.54, 1.807) is 0 Å². The minimum absolute atomic E-state index is 0.0992. The first-order valence-electron chi connectivity index (χ1n) is 7.46. The summed E-state index contributed by atoms with van der Waals surface area (Å²) in [5.41, 5.74) is 0.0992. The van der Waals surface area contributed by atoms with Gasteiger partial charge in [-0.2, -0.15) is 0 Å². The third-order valence-corrected chi connectivity index (χ3v) is 4.46. The van der Waals surface area contributed by atoms with E-state index in [4.69, 9.17) is 9.47 Å². The fourth-order valence-corrected chi connectivity index (χ4v) is 3.17. The van der Waals surface area contributed by atoms with Gasteiger partial charge in [0.25, 0.3) is 0 Å². The lowest BCUT2D eigenvalue weighted by atomic mass is 9.80. The molecule has 0 amide bonds. The Morgan fingerprint density at radius 2 is 2.16 bits per heavy atom. The Bertz CT molecular complexity index is 370. The molecule has 0 aromatic carbocycles. The van der Waals surface area contributed by atoms with Gasteiger partial charge in [-0.15, -0.1) is 18.4 Å². The van der Waals surface area contributed by atoms with Crippen LogP contribution in [0, 0.1) is 17.3 Å². The molecule has 1 spiro atoms. The van der Waals surface area contributed by atoms with Crippen LogP contribution in [-0.2, 0) is 9.47 Å². The monoisotopic (exact) mass is 262 g/mol. The molecule has 2 aliphatic rings. The van der Waals surface area contributed by atoms with E-state index in [0.717, 1.165) is 38.7 Å². The standard InChI is InChI=1S/C17H26O2/c1-4-6-7-10-16(3,5-2)13-15-14-18-17(19-15)11-8-9-12-17/h5,15H,2,7-14H2,1,3H3/t15-,16+/m0/s1. The topological polar surface area (TPSA) is 18.5 Å². The maximum Gasteiger partial charge on any atom is 0.168 e. The summed E-state index contributed by atoms with van der Waals surface area (Å²) in [6.07, 6.45) is 9.84. The highest BCUT2D eigenvalue weighted by Gasteiger charge is 2.44. The van der Waals surface area contributed by atoms with Crippen molar-refractivity contribution in [2.45, 2.75) is 70.7 Å². The molecular weight excluding hydrogens is 236 g/mol. The van der Waals surface area contributed by atoms with E-state index < -0.39 is 0 Å². The minimum atomic E-state index is -0.240. The van der Waals surface area contributed by atoms with E-state index in [1.807, 2.05) is 6.92 Å². The van der Waals surface area contributed by atoms with Crippen LogP contribution >= 0.6 is 0 Å². The van der Waals surface area contributed by atoms with Crippen molar-refractivity contribution < 1.29 is 9.47 Å². The average molecular weight is 262 g/mol. The molecule has 1 aliphatic heterocycles. The number of allylic oxidation sites excluding steroid dienone is 1. The summed E-state index contributed by atoms with van der Waals surface area (Å²) in [4.78, 5) is 0. The van der Waals surface area contributed by atoms with Gasteiger partial charge in [-0.25, -0.2) is 0 Å².